The SMILES string of the molecule is C=C[C@H]1CN2CCC1C[C@H]2[C@H](O)c1cc(C(=O)c2cccs2)nc2ccc(OC)cc12. The van der Waals surface area contributed by atoms with Gasteiger partial charge in [-0.15, -0.1) is 17.9 Å². The zero-order valence-electron chi connectivity index (χ0n) is 17.5. The number of hydrogen-bond donors (Lipinski definition) is 1. The maximum absolute atomic E-state index is 13.1. The van der Waals surface area contributed by atoms with E-state index in [1.807, 2.05) is 35.7 Å². The molecular formula is C25H26N2O3S. The van der Waals surface area contributed by atoms with Crippen molar-refractivity contribution in [2.75, 3.05) is 20.2 Å². The quantitative estimate of drug-likeness (QED) is 0.458. The summed E-state index contributed by atoms with van der Waals surface area (Å²) >= 11 is 1.40. The van der Waals surface area contributed by atoms with Gasteiger partial charge in [0, 0.05) is 18.0 Å². The van der Waals surface area contributed by atoms with Crippen LogP contribution in [0.3, 0.4) is 0 Å². The van der Waals surface area contributed by atoms with Crippen LogP contribution in [0.1, 0.15) is 39.9 Å². The lowest BCUT2D eigenvalue weighted by atomic mass is 9.73. The van der Waals surface area contributed by atoms with E-state index in [0.29, 0.717) is 33.7 Å². The summed E-state index contributed by atoms with van der Waals surface area (Å²) in [6, 6.07) is 11.1. The van der Waals surface area contributed by atoms with Crippen LogP contribution in [0.15, 0.2) is 54.4 Å². The smallest absolute Gasteiger partial charge is 0.221 e. The fourth-order valence-electron chi connectivity index (χ4n) is 5.17. The Morgan fingerprint density at radius 2 is 2.26 bits per heavy atom. The van der Waals surface area contributed by atoms with Gasteiger partial charge in [-0.1, -0.05) is 12.1 Å². The zero-order valence-corrected chi connectivity index (χ0v) is 18.3. The minimum atomic E-state index is -0.707. The Bertz CT molecular complexity index is 1130. The maximum atomic E-state index is 13.1. The average Bonchev–Trinajstić information content (AvgIpc) is 3.37. The molecule has 5 nitrogen and oxygen atoms in total. The van der Waals surface area contributed by atoms with E-state index in [4.69, 9.17) is 4.74 Å². The van der Waals surface area contributed by atoms with Gasteiger partial charge in [0.05, 0.1) is 23.6 Å². The second kappa shape index (κ2) is 8.19. The number of pyridine rings is 1. The summed E-state index contributed by atoms with van der Waals surface area (Å²) < 4.78 is 5.42. The third kappa shape index (κ3) is 3.59. The summed E-state index contributed by atoms with van der Waals surface area (Å²) in [5.41, 5.74) is 1.81. The summed E-state index contributed by atoms with van der Waals surface area (Å²) in [5.74, 6) is 1.63. The number of aromatic nitrogens is 1. The highest BCUT2D eigenvalue weighted by molar-refractivity contribution is 7.12. The van der Waals surface area contributed by atoms with Crippen LogP contribution >= 0.6 is 11.3 Å². The van der Waals surface area contributed by atoms with Crippen LogP contribution in [0.2, 0.25) is 0 Å². The van der Waals surface area contributed by atoms with Crippen LogP contribution in [-0.4, -0.2) is 47.0 Å². The number of hydrogen-bond acceptors (Lipinski definition) is 6. The molecule has 3 saturated heterocycles. The number of nitrogens with zero attached hydrogens (tertiary/aromatic N) is 2. The maximum Gasteiger partial charge on any atom is 0.221 e. The molecule has 2 aromatic heterocycles. The second-order valence-corrected chi connectivity index (χ2v) is 9.43. The molecule has 6 rings (SSSR count). The third-order valence-corrected chi connectivity index (χ3v) is 7.73. The molecular weight excluding hydrogens is 408 g/mol. The molecule has 0 radical (unpaired) electrons. The highest BCUT2D eigenvalue weighted by Crippen LogP contribution is 2.42. The first-order chi connectivity index (χ1) is 15.1. The van der Waals surface area contributed by atoms with Gasteiger partial charge in [0.2, 0.25) is 5.78 Å². The minimum absolute atomic E-state index is 0.0245. The van der Waals surface area contributed by atoms with Crippen LogP contribution in [0.25, 0.3) is 10.9 Å². The average molecular weight is 435 g/mol. The van der Waals surface area contributed by atoms with Gasteiger partial charge in [-0.05, 0) is 72.5 Å². The molecule has 0 aliphatic carbocycles. The van der Waals surface area contributed by atoms with Crippen molar-refractivity contribution in [3.05, 3.63) is 70.6 Å². The summed E-state index contributed by atoms with van der Waals surface area (Å²) in [7, 11) is 1.63. The molecule has 160 valence electrons. The Balaban J connectivity index is 1.58. The van der Waals surface area contributed by atoms with E-state index in [-0.39, 0.29) is 11.8 Å². The molecule has 2 bridgehead atoms. The van der Waals surface area contributed by atoms with E-state index in [2.05, 4.69) is 22.5 Å². The van der Waals surface area contributed by atoms with Gasteiger partial charge in [0.15, 0.2) is 0 Å². The van der Waals surface area contributed by atoms with Gasteiger partial charge in [0.1, 0.15) is 11.4 Å². The van der Waals surface area contributed by atoms with Gasteiger partial charge in [-0.3, -0.25) is 9.69 Å². The molecule has 0 saturated carbocycles. The Morgan fingerprint density at radius 1 is 1.39 bits per heavy atom. The third-order valence-electron chi connectivity index (χ3n) is 6.86. The summed E-state index contributed by atoms with van der Waals surface area (Å²) in [5, 5.41) is 14.3. The number of methoxy groups -OCH3 is 1. The molecule has 3 aromatic rings. The predicted octanol–water partition coefficient (Wildman–Crippen LogP) is 4.47. The Kier molecular flexibility index (Phi) is 5.38. The Hall–Kier alpha value is -2.54. The van der Waals surface area contributed by atoms with Gasteiger partial charge in [-0.25, -0.2) is 4.98 Å². The largest absolute Gasteiger partial charge is 0.497 e. The highest BCUT2D eigenvalue weighted by atomic mass is 32.1. The highest BCUT2D eigenvalue weighted by Gasteiger charge is 2.42. The van der Waals surface area contributed by atoms with E-state index in [1.54, 1.807) is 13.2 Å². The number of carbonyl (C=O) groups excluding carboxylic acids is 1. The second-order valence-electron chi connectivity index (χ2n) is 8.48. The van der Waals surface area contributed by atoms with Gasteiger partial charge in [-0.2, -0.15) is 0 Å². The molecule has 3 aliphatic rings. The van der Waals surface area contributed by atoms with Crippen LogP contribution in [0, 0.1) is 11.8 Å². The van der Waals surface area contributed by atoms with Crippen molar-refractivity contribution in [2.45, 2.75) is 25.0 Å². The minimum Gasteiger partial charge on any atom is -0.497 e. The topological polar surface area (TPSA) is 62.7 Å². The number of aliphatic hydroxyl groups excluding tert-OH is 1. The van der Waals surface area contributed by atoms with Crippen LogP contribution < -0.4 is 4.74 Å². The first-order valence-electron chi connectivity index (χ1n) is 10.7. The summed E-state index contributed by atoms with van der Waals surface area (Å²) in [6.07, 6.45) is 3.43. The zero-order chi connectivity index (χ0) is 21.5. The molecule has 0 amide bonds. The Labute approximate surface area is 186 Å². The van der Waals surface area contributed by atoms with E-state index in [0.717, 1.165) is 36.9 Å². The molecule has 3 aliphatic heterocycles. The van der Waals surface area contributed by atoms with Crippen LogP contribution in [-0.2, 0) is 0 Å². The number of ether oxygens (including phenoxy) is 1. The van der Waals surface area contributed by atoms with Crippen molar-refractivity contribution in [3.8, 4) is 5.75 Å². The first-order valence-corrected chi connectivity index (χ1v) is 11.6. The number of fused-ring (bicyclic) bond motifs is 4. The summed E-state index contributed by atoms with van der Waals surface area (Å²) in [4.78, 5) is 20.7. The molecule has 5 atom stereocenters. The molecule has 2 unspecified atom stereocenters. The van der Waals surface area contributed by atoms with Crippen molar-refractivity contribution < 1.29 is 14.6 Å². The molecule has 6 heteroatoms. The molecule has 5 heterocycles. The standard InChI is InChI=1S/C25H26N2O3S/c1-3-15-14-27-9-8-16(15)11-22(27)24(28)19-13-21(25(29)23-5-4-10-31-23)26-20-7-6-17(30-2)12-18(19)20/h3-7,10,12-13,15-16,22,24,28H,1,8-9,11,14H2,2H3/t15-,16?,22-,24+/m0/s1. The van der Waals surface area contributed by atoms with E-state index in [9.17, 15) is 9.90 Å². The number of piperidine rings is 3. The van der Waals surface area contributed by atoms with E-state index < -0.39 is 6.10 Å². The van der Waals surface area contributed by atoms with E-state index >= 15 is 0 Å². The van der Waals surface area contributed by atoms with E-state index in [1.165, 1.54) is 11.3 Å². The molecule has 1 N–H and O–H groups in total. The first kappa shape index (κ1) is 20.4. The normalized spacial score (nSPS) is 26.0. The fourth-order valence-corrected chi connectivity index (χ4v) is 5.84. The van der Waals surface area contributed by atoms with Gasteiger partial charge >= 0.3 is 0 Å². The molecule has 1 aromatic carbocycles. The van der Waals surface area contributed by atoms with Gasteiger partial charge < -0.3 is 9.84 Å². The number of ketones is 1. The van der Waals surface area contributed by atoms with Crippen molar-refractivity contribution in [1.82, 2.24) is 9.88 Å². The predicted molar refractivity (Wildman–Crippen MR) is 123 cm³/mol. The van der Waals surface area contributed by atoms with Crippen LogP contribution in [0.4, 0.5) is 0 Å². The lowest BCUT2D eigenvalue weighted by molar-refractivity contribution is -0.0445. The molecule has 31 heavy (non-hydrogen) atoms. The number of benzene rings is 1. The summed E-state index contributed by atoms with van der Waals surface area (Å²) in [6.45, 7) is 5.92. The van der Waals surface area contributed by atoms with Crippen molar-refractivity contribution in [3.63, 3.8) is 0 Å². The molecule has 3 fully saturated rings. The lowest BCUT2D eigenvalue weighted by Crippen LogP contribution is -2.54. The number of aliphatic hydroxyl groups is 1. The van der Waals surface area contributed by atoms with Crippen LogP contribution in [0.5, 0.6) is 5.75 Å². The fraction of sp³-hybridized carbons (Fsp3) is 0.360. The van der Waals surface area contributed by atoms with Crippen molar-refractivity contribution in [2.24, 2.45) is 11.8 Å². The number of thiophene rings is 1. The van der Waals surface area contributed by atoms with Gasteiger partial charge in [0.25, 0.3) is 0 Å². The molecule has 0 spiro atoms. The monoisotopic (exact) mass is 434 g/mol. The number of carbonyl (C=O) groups is 1. The Morgan fingerprint density at radius 3 is 2.94 bits per heavy atom. The van der Waals surface area contributed by atoms with Crippen molar-refractivity contribution >= 4 is 28.0 Å². The lowest BCUT2D eigenvalue weighted by Gasteiger charge is -2.50. The number of rotatable bonds is 6. The van der Waals surface area contributed by atoms with Crippen molar-refractivity contribution in [1.29, 1.82) is 0 Å².